The largest absolute Gasteiger partial charge is 0.338 e. The van der Waals surface area contributed by atoms with E-state index in [0.717, 1.165) is 6.42 Å². The Kier molecular flexibility index (Phi) is 5.98. The first-order valence-corrected chi connectivity index (χ1v) is 9.80. The summed E-state index contributed by atoms with van der Waals surface area (Å²) < 4.78 is 0. The molecule has 2 unspecified atom stereocenters. The molecule has 1 aliphatic heterocycles. The highest BCUT2D eigenvalue weighted by Crippen LogP contribution is 2.39. The van der Waals surface area contributed by atoms with Crippen LogP contribution in [0, 0.1) is 5.92 Å². The first kappa shape index (κ1) is 19.6. The van der Waals surface area contributed by atoms with E-state index < -0.39 is 0 Å². The molecule has 144 valence electrons. The molecule has 2 aromatic rings. The average molecular weight is 366 g/mol. The molecule has 0 radical (unpaired) electrons. The molecule has 1 heterocycles. The number of amides is 1. The number of benzene rings is 2. The second kappa shape index (κ2) is 8.24. The molecule has 3 rings (SSSR count). The molecule has 2 aromatic carbocycles. The van der Waals surface area contributed by atoms with Crippen molar-refractivity contribution in [2.75, 3.05) is 33.7 Å². The third kappa shape index (κ3) is 3.64. The summed E-state index contributed by atoms with van der Waals surface area (Å²) in [5, 5.41) is 0. The molecule has 2 N–H and O–H groups in total. The predicted octanol–water partition coefficient (Wildman–Crippen LogP) is 3.05. The lowest BCUT2D eigenvalue weighted by Gasteiger charge is -2.55. The first-order valence-electron chi connectivity index (χ1n) is 9.80. The van der Waals surface area contributed by atoms with E-state index in [4.69, 9.17) is 5.73 Å². The standard InChI is InChI=1S/C23H31N3O/c1-4-20(18-11-7-5-8-12-18)21(15-24)22(27)26-16-23(17-26,25(2)3)19-13-9-6-10-14-19/h5-14,20-21H,4,15-17,24H2,1-3H3. The zero-order valence-corrected chi connectivity index (χ0v) is 16.6. The van der Waals surface area contributed by atoms with E-state index >= 15 is 0 Å². The van der Waals surface area contributed by atoms with Gasteiger partial charge in [-0.2, -0.15) is 0 Å². The number of hydrogen-bond donors (Lipinski definition) is 1. The van der Waals surface area contributed by atoms with Crippen molar-refractivity contribution in [2.24, 2.45) is 11.7 Å². The lowest BCUT2D eigenvalue weighted by atomic mass is 9.78. The summed E-state index contributed by atoms with van der Waals surface area (Å²) in [5.41, 5.74) is 8.44. The lowest BCUT2D eigenvalue weighted by molar-refractivity contribution is -0.150. The smallest absolute Gasteiger partial charge is 0.227 e. The van der Waals surface area contributed by atoms with Crippen molar-refractivity contribution in [2.45, 2.75) is 24.8 Å². The molecule has 0 saturated carbocycles. The highest BCUT2D eigenvalue weighted by Gasteiger charge is 2.49. The fraction of sp³-hybridized carbons (Fsp3) is 0.435. The number of rotatable bonds is 7. The number of likely N-dealkylation sites (N-methyl/N-ethyl adjacent to an activating group) is 1. The monoisotopic (exact) mass is 365 g/mol. The van der Waals surface area contributed by atoms with Crippen molar-refractivity contribution in [1.29, 1.82) is 0 Å². The lowest BCUT2D eigenvalue weighted by Crippen LogP contribution is -2.68. The van der Waals surface area contributed by atoms with Crippen molar-refractivity contribution in [3.8, 4) is 0 Å². The minimum Gasteiger partial charge on any atom is -0.338 e. The molecule has 4 nitrogen and oxygen atoms in total. The molecular weight excluding hydrogens is 334 g/mol. The highest BCUT2D eigenvalue weighted by atomic mass is 16.2. The van der Waals surface area contributed by atoms with Gasteiger partial charge in [0, 0.05) is 19.6 Å². The van der Waals surface area contributed by atoms with Crippen LogP contribution >= 0.6 is 0 Å². The summed E-state index contributed by atoms with van der Waals surface area (Å²) in [6, 6.07) is 20.8. The van der Waals surface area contributed by atoms with Gasteiger partial charge in [-0.25, -0.2) is 0 Å². The van der Waals surface area contributed by atoms with E-state index in [1.807, 2.05) is 29.2 Å². The topological polar surface area (TPSA) is 49.6 Å². The zero-order valence-electron chi connectivity index (χ0n) is 16.6. The van der Waals surface area contributed by atoms with Gasteiger partial charge in [-0.1, -0.05) is 67.6 Å². The fourth-order valence-corrected chi connectivity index (χ4v) is 4.34. The molecule has 2 atom stereocenters. The Morgan fingerprint density at radius 1 is 1.07 bits per heavy atom. The molecule has 0 spiro atoms. The molecule has 0 bridgehead atoms. The van der Waals surface area contributed by atoms with Crippen LogP contribution in [0.15, 0.2) is 60.7 Å². The van der Waals surface area contributed by atoms with Crippen molar-refractivity contribution < 1.29 is 4.79 Å². The van der Waals surface area contributed by atoms with Gasteiger partial charge in [0.15, 0.2) is 0 Å². The number of carbonyl (C=O) groups is 1. The SMILES string of the molecule is CCC(c1ccccc1)C(CN)C(=O)N1CC(c2ccccc2)(N(C)C)C1. The summed E-state index contributed by atoms with van der Waals surface area (Å²) >= 11 is 0. The summed E-state index contributed by atoms with van der Waals surface area (Å²) in [6.07, 6.45) is 0.906. The molecule has 27 heavy (non-hydrogen) atoms. The predicted molar refractivity (Wildman–Crippen MR) is 110 cm³/mol. The molecule has 1 aliphatic rings. The van der Waals surface area contributed by atoms with Crippen molar-refractivity contribution in [3.05, 3.63) is 71.8 Å². The van der Waals surface area contributed by atoms with Gasteiger partial charge in [0.05, 0.1) is 11.5 Å². The summed E-state index contributed by atoms with van der Waals surface area (Å²) in [5.74, 6) is 0.171. The number of carbonyl (C=O) groups excluding carboxylic acids is 1. The van der Waals surface area contributed by atoms with Gasteiger partial charge in [0.1, 0.15) is 0 Å². The highest BCUT2D eigenvalue weighted by molar-refractivity contribution is 5.81. The molecule has 1 fully saturated rings. The second-order valence-corrected chi connectivity index (χ2v) is 7.75. The van der Waals surface area contributed by atoms with E-state index in [9.17, 15) is 4.79 Å². The van der Waals surface area contributed by atoms with Crippen LogP contribution in [0.5, 0.6) is 0 Å². The fourth-order valence-electron chi connectivity index (χ4n) is 4.34. The van der Waals surface area contributed by atoms with Crippen LogP contribution in [0.1, 0.15) is 30.4 Å². The van der Waals surface area contributed by atoms with Gasteiger partial charge in [-0.05, 0) is 37.6 Å². The third-order valence-corrected chi connectivity index (χ3v) is 6.11. The summed E-state index contributed by atoms with van der Waals surface area (Å²) in [6.45, 7) is 3.94. The van der Waals surface area contributed by atoms with Crippen LogP contribution in [0.25, 0.3) is 0 Å². The first-order chi connectivity index (χ1) is 13.0. The van der Waals surface area contributed by atoms with Gasteiger partial charge < -0.3 is 10.6 Å². The van der Waals surface area contributed by atoms with Crippen LogP contribution in [0.4, 0.5) is 0 Å². The van der Waals surface area contributed by atoms with Crippen molar-refractivity contribution in [1.82, 2.24) is 9.80 Å². The second-order valence-electron chi connectivity index (χ2n) is 7.75. The molecule has 1 saturated heterocycles. The Labute approximate surface area is 163 Å². The molecule has 0 aromatic heterocycles. The minimum atomic E-state index is -0.173. The molecule has 1 amide bonds. The van der Waals surface area contributed by atoms with Gasteiger partial charge in [-0.3, -0.25) is 9.69 Å². The summed E-state index contributed by atoms with van der Waals surface area (Å²) in [7, 11) is 4.18. The van der Waals surface area contributed by atoms with Gasteiger partial charge in [0.25, 0.3) is 0 Å². The average Bonchev–Trinajstić information content (AvgIpc) is 2.66. The van der Waals surface area contributed by atoms with E-state index in [1.54, 1.807) is 0 Å². The van der Waals surface area contributed by atoms with Crippen molar-refractivity contribution in [3.63, 3.8) is 0 Å². The van der Waals surface area contributed by atoms with Crippen LogP contribution < -0.4 is 5.73 Å². The number of likely N-dealkylation sites (tertiary alicyclic amines) is 1. The van der Waals surface area contributed by atoms with Crippen LogP contribution in [0.2, 0.25) is 0 Å². The summed E-state index contributed by atoms with van der Waals surface area (Å²) in [4.78, 5) is 17.5. The van der Waals surface area contributed by atoms with Crippen LogP contribution in [0.3, 0.4) is 0 Å². The number of nitrogens with two attached hydrogens (primary N) is 1. The van der Waals surface area contributed by atoms with Gasteiger partial charge in [-0.15, -0.1) is 0 Å². The maximum Gasteiger partial charge on any atom is 0.227 e. The minimum absolute atomic E-state index is 0.107. The van der Waals surface area contributed by atoms with E-state index in [0.29, 0.717) is 19.6 Å². The van der Waals surface area contributed by atoms with E-state index in [-0.39, 0.29) is 23.3 Å². The van der Waals surface area contributed by atoms with Gasteiger partial charge in [0.2, 0.25) is 5.91 Å². The normalized spacial score (nSPS) is 18.0. The molecule has 4 heteroatoms. The number of hydrogen-bond acceptors (Lipinski definition) is 3. The van der Waals surface area contributed by atoms with Crippen LogP contribution in [-0.2, 0) is 10.3 Å². The molecule has 0 aliphatic carbocycles. The van der Waals surface area contributed by atoms with E-state index in [2.05, 4.69) is 62.3 Å². The molecular formula is C23H31N3O. The maximum atomic E-state index is 13.3. The zero-order chi connectivity index (χ0) is 19.4. The Morgan fingerprint density at radius 2 is 1.63 bits per heavy atom. The van der Waals surface area contributed by atoms with E-state index in [1.165, 1.54) is 11.1 Å². The quantitative estimate of drug-likeness (QED) is 0.820. The van der Waals surface area contributed by atoms with Crippen LogP contribution in [-0.4, -0.2) is 49.4 Å². The van der Waals surface area contributed by atoms with Gasteiger partial charge >= 0.3 is 0 Å². The Hall–Kier alpha value is -2.17. The Balaban J connectivity index is 1.78. The van der Waals surface area contributed by atoms with Crippen molar-refractivity contribution >= 4 is 5.91 Å². The Bertz CT molecular complexity index is 739. The Morgan fingerprint density at radius 3 is 2.11 bits per heavy atom. The number of nitrogens with zero attached hydrogens (tertiary/aromatic N) is 2. The third-order valence-electron chi connectivity index (χ3n) is 6.11. The maximum absolute atomic E-state index is 13.3.